The molecule has 1 aliphatic carbocycles. The van der Waals surface area contributed by atoms with Crippen molar-refractivity contribution in [3.63, 3.8) is 0 Å². The molecule has 5 atom stereocenters. The van der Waals surface area contributed by atoms with E-state index in [1.807, 2.05) is 57.2 Å². The summed E-state index contributed by atoms with van der Waals surface area (Å²) in [5.41, 5.74) is 1.83. The Balaban J connectivity index is 1.16. The van der Waals surface area contributed by atoms with E-state index in [1.165, 1.54) is 11.0 Å². The second-order valence-corrected chi connectivity index (χ2v) is 18.2. The molecule has 5 rings (SSSR count). The van der Waals surface area contributed by atoms with Crippen molar-refractivity contribution in [2.75, 3.05) is 30.3 Å². The van der Waals surface area contributed by atoms with Gasteiger partial charge in [-0.25, -0.2) is 9.59 Å². The van der Waals surface area contributed by atoms with Gasteiger partial charge in [0.25, 0.3) is 0 Å². The minimum atomic E-state index is -1.07. The van der Waals surface area contributed by atoms with Gasteiger partial charge in [-0.1, -0.05) is 54.2 Å². The molecule has 64 heavy (non-hydrogen) atoms. The van der Waals surface area contributed by atoms with Crippen molar-refractivity contribution in [2.24, 2.45) is 5.92 Å². The number of carbonyl (C=O) groups is 5. The molecule has 5 unspecified atom stereocenters. The Labute approximate surface area is 378 Å². The van der Waals surface area contributed by atoms with E-state index in [0.717, 1.165) is 36.9 Å². The van der Waals surface area contributed by atoms with Crippen LogP contribution in [0.3, 0.4) is 0 Å². The minimum absolute atomic E-state index is 0.0828. The fraction of sp³-hybridized carbons (Fsp3) is 0.431. The van der Waals surface area contributed by atoms with Gasteiger partial charge in [-0.15, -0.1) is 6.42 Å². The van der Waals surface area contributed by atoms with Crippen molar-refractivity contribution in [2.45, 2.75) is 116 Å². The van der Waals surface area contributed by atoms with Crippen molar-refractivity contribution in [3.05, 3.63) is 108 Å². The molecule has 0 bridgehead atoms. The first kappa shape index (κ1) is 48.5. The number of hydrogen-bond acceptors (Lipinski definition) is 8. The average Bonchev–Trinajstić information content (AvgIpc) is 3.92. The lowest BCUT2D eigenvalue weighted by molar-refractivity contribution is -0.137. The van der Waals surface area contributed by atoms with Gasteiger partial charge in [0, 0.05) is 41.5 Å². The van der Waals surface area contributed by atoms with E-state index < -0.39 is 41.4 Å². The monoisotopic (exact) mass is 870 g/mol. The summed E-state index contributed by atoms with van der Waals surface area (Å²) in [6, 6.07) is 12.1. The first-order chi connectivity index (χ1) is 30.4. The van der Waals surface area contributed by atoms with Gasteiger partial charge >= 0.3 is 12.2 Å². The van der Waals surface area contributed by atoms with Crippen LogP contribution in [-0.2, 0) is 23.9 Å². The molecule has 0 aromatic heterocycles. The number of anilines is 2. The number of rotatable bonds is 12. The molecule has 0 saturated carbocycles. The molecule has 5 amide bonds. The first-order valence-electron chi connectivity index (χ1n) is 21.9. The Bertz CT molecular complexity index is 2230. The van der Waals surface area contributed by atoms with Gasteiger partial charge in [0.05, 0.1) is 12.1 Å². The largest absolute Gasteiger partial charge is 0.444 e. The number of terminal acetylenes is 1. The Morgan fingerprint density at radius 3 is 1.88 bits per heavy atom. The molecule has 13 nitrogen and oxygen atoms in total. The quantitative estimate of drug-likeness (QED) is 0.126. The summed E-state index contributed by atoms with van der Waals surface area (Å²) < 4.78 is 11.0. The molecular weight excluding hydrogens is 809 g/mol. The topological polar surface area (TPSA) is 158 Å². The van der Waals surface area contributed by atoms with Gasteiger partial charge in [0.15, 0.2) is 0 Å². The van der Waals surface area contributed by atoms with Crippen molar-refractivity contribution >= 4 is 41.3 Å². The first-order valence-corrected chi connectivity index (χ1v) is 21.9. The fourth-order valence-corrected chi connectivity index (χ4v) is 7.72. The van der Waals surface area contributed by atoms with Gasteiger partial charge in [-0.2, -0.15) is 0 Å². The van der Waals surface area contributed by atoms with Crippen LogP contribution in [-0.4, -0.2) is 94.7 Å². The van der Waals surface area contributed by atoms with Gasteiger partial charge < -0.3 is 35.6 Å². The molecule has 3 aliphatic rings. The Morgan fingerprint density at radius 2 is 1.33 bits per heavy atom. The van der Waals surface area contributed by atoms with Crippen LogP contribution in [0.25, 0.3) is 0 Å². The zero-order valence-corrected chi connectivity index (χ0v) is 38.0. The molecule has 2 fully saturated rings. The predicted octanol–water partition coefficient (Wildman–Crippen LogP) is 7.47. The van der Waals surface area contributed by atoms with E-state index in [9.17, 15) is 24.0 Å². The van der Waals surface area contributed by atoms with Crippen LogP contribution in [0.15, 0.2) is 96.6 Å². The number of amides is 5. The number of likely N-dealkylation sites (tertiary alicyclic amines) is 2. The molecule has 2 aromatic carbocycles. The predicted molar refractivity (Wildman–Crippen MR) is 250 cm³/mol. The molecule has 13 heteroatoms. The second kappa shape index (κ2) is 22.2. The van der Waals surface area contributed by atoms with Crippen LogP contribution in [0.2, 0.25) is 0 Å². The maximum Gasteiger partial charge on any atom is 0.408 e. The van der Waals surface area contributed by atoms with Crippen LogP contribution < -0.4 is 21.3 Å². The zero-order valence-electron chi connectivity index (χ0n) is 38.0. The Hall–Kier alpha value is -6.57. The van der Waals surface area contributed by atoms with Crippen LogP contribution in [0.1, 0.15) is 91.7 Å². The summed E-state index contributed by atoms with van der Waals surface area (Å²) in [6.45, 7) is 14.0. The Kier molecular flexibility index (Phi) is 16.8. The van der Waals surface area contributed by atoms with Gasteiger partial charge in [-0.3, -0.25) is 19.3 Å². The third-order valence-electron chi connectivity index (χ3n) is 10.7. The van der Waals surface area contributed by atoms with Gasteiger partial charge in [0.2, 0.25) is 17.7 Å². The number of hydrogen-bond donors (Lipinski definition) is 4. The van der Waals surface area contributed by atoms with Crippen molar-refractivity contribution in [3.8, 4) is 24.2 Å². The highest BCUT2D eigenvalue weighted by Crippen LogP contribution is 2.26. The lowest BCUT2D eigenvalue weighted by Gasteiger charge is -2.33. The van der Waals surface area contributed by atoms with Gasteiger partial charge in [-0.05, 0) is 147 Å². The highest BCUT2D eigenvalue weighted by molar-refractivity contribution is 5.99. The summed E-state index contributed by atoms with van der Waals surface area (Å²) in [5.74, 6) is 7.93. The normalized spacial score (nSPS) is 19.8. The van der Waals surface area contributed by atoms with E-state index >= 15 is 0 Å². The standard InChI is InChI=1S/C51H62N6O7/c1-9-10-12-17-35(2)44(55-49(62)64-51(6,7)8)47(60)57-33-16-21-43(57)46(59)53-40-30-26-37(27-31-40)23-22-36-24-28-39(29-25-36)52-45(58)42-20-15-32-56(42)34-41(38-18-13-11-14-19-38)54-48(61)63-50(3,4)5/h1,10-14,17-18,24-31,38,41-44H,15-16,19-21,32-34H2,2-8H3,(H,52,58)(H,53,59)(H,54,61)(H,55,62). The molecule has 0 spiro atoms. The lowest BCUT2D eigenvalue weighted by atomic mass is 9.92. The van der Waals surface area contributed by atoms with Crippen LogP contribution >= 0.6 is 0 Å². The van der Waals surface area contributed by atoms with Crippen LogP contribution in [0.5, 0.6) is 0 Å². The minimum Gasteiger partial charge on any atom is -0.444 e. The van der Waals surface area contributed by atoms with E-state index in [0.29, 0.717) is 42.9 Å². The molecule has 0 radical (unpaired) electrons. The van der Waals surface area contributed by atoms with Crippen molar-refractivity contribution in [1.29, 1.82) is 0 Å². The number of nitrogens with zero attached hydrogens (tertiary/aromatic N) is 2. The molecule has 338 valence electrons. The smallest absolute Gasteiger partial charge is 0.408 e. The van der Waals surface area contributed by atoms with E-state index in [2.05, 4.69) is 56.1 Å². The van der Waals surface area contributed by atoms with Crippen molar-refractivity contribution < 1.29 is 33.4 Å². The third-order valence-corrected chi connectivity index (χ3v) is 10.7. The number of nitrogens with one attached hydrogen (secondary N) is 4. The maximum absolute atomic E-state index is 13.9. The number of benzene rings is 2. The fourth-order valence-electron chi connectivity index (χ4n) is 7.72. The highest BCUT2D eigenvalue weighted by Gasteiger charge is 2.39. The molecule has 2 heterocycles. The Morgan fingerprint density at radius 1 is 0.781 bits per heavy atom. The zero-order chi connectivity index (χ0) is 46.4. The molecule has 2 aliphatic heterocycles. The van der Waals surface area contributed by atoms with E-state index in [4.69, 9.17) is 15.9 Å². The number of carbonyl (C=O) groups excluding carboxylic acids is 5. The van der Waals surface area contributed by atoms with Crippen molar-refractivity contribution in [1.82, 2.24) is 20.4 Å². The summed E-state index contributed by atoms with van der Waals surface area (Å²) in [4.78, 5) is 70.2. The maximum atomic E-state index is 13.9. The second-order valence-electron chi connectivity index (χ2n) is 18.2. The SMILES string of the molecule is C#CC=CC=C(C)C(NC(=O)OC(C)(C)C)C(=O)N1CCCC1C(=O)Nc1ccc(C#Cc2ccc(NC(=O)C3CCCN3CC(NC(=O)OC(C)(C)C)C3C=CC=CC3)cc2)cc1. The molecule has 2 saturated heterocycles. The van der Waals surface area contributed by atoms with Crippen LogP contribution in [0, 0.1) is 30.1 Å². The number of ether oxygens (including phenoxy) is 2. The molecule has 2 aromatic rings. The number of allylic oxidation sites excluding steroid dienone is 6. The van der Waals surface area contributed by atoms with E-state index in [1.54, 1.807) is 64.1 Å². The lowest BCUT2D eigenvalue weighted by Crippen LogP contribution is -2.53. The van der Waals surface area contributed by atoms with Crippen LogP contribution in [0.4, 0.5) is 21.0 Å². The summed E-state index contributed by atoms with van der Waals surface area (Å²) >= 11 is 0. The van der Waals surface area contributed by atoms with Gasteiger partial charge in [0.1, 0.15) is 23.3 Å². The molecular formula is C51H62N6O7. The molecule has 4 N–H and O–H groups in total. The highest BCUT2D eigenvalue weighted by atomic mass is 16.6. The number of alkyl carbamates (subject to hydrolysis) is 2. The summed E-state index contributed by atoms with van der Waals surface area (Å²) in [6.07, 6.45) is 20.5. The average molecular weight is 871 g/mol. The summed E-state index contributed by atoms with van der Waals surface area (Å²) in [7, 11) is 0. The van der Waals surface area contributed by atoms with E-state index in [-0.39, 0.29) is 29.8 Å². The third kappa shape index (κ3) is 14.8. The summed E-state index contributed by atoms with van der Waals surface area (Å²) in [5, 5.41) is 11.7.